The van der Waals surface area contributed by atoms with E-state index in [4.69, 9.17) is 5.73 Å². The molecule has 0 aliphatic heterocycles. The standard InChI is InChI=1S/C17H22F2N2O2/c1-12(13-5-3-2-4-6-13)21(11-15(20)22)16(23)14-7-9-17(18,19)10-8-14/h2-6,12,14H,7-11H2,1H3,(H2,20,22)/t12-/m1/s1. The molecule has 1 saturated carbocycles. The molecular formula is C17H22F2N2O2. The van der Waals surface area contributed by atoms with E-state index in [2.05, 4.69) is 0 Å². The Bertz CT molecular complexity index is 553. The number of nitrogens with two attached hydrogens (primary N) is 1. The van der Waals surface area contributed by atoms with Gasteiger partial charge in [0.15, 0.2) is 0 Å². The van der Waals surface area contributed by atoms with Crippen LogP contribution in [0.5, 0.6) is 0 Å². The number of alkyl halides is 2. The maximum Gasteiger partial charge on any atom is 0.248 e. The van der Waals surface area contributed by atoms with Gasteiger partial charge in [-0.25, -0.2) is 8.78 Å². The minimum atomic E-state index is -2.68. The Morgan fingerprint density at radius 2 is 1.83 bits per heavy atom. The van der Waals surface area contributed by atoms with Crippen LogP contribution >= 0.6 is 0 Å². The Hall–Kier alpha value is -1.98. The van der Waals surface area contributed by atoms with Crippen LogP contribution < -0.4 is 5.73 Å². The van der Waals surface area contributed by atoms with Crippen molar-refractivity contribution in [1.82, 2.24) is 4.90 Å². The minimum Gasteiger partial charge on any atom is -0.368 e. The van der Waals surface area contributed by atoms with Gasteiger partial charge >= 0.3 is 0 Å². The number of primary amides is 1. The van der Waals surface area contributed by atoms with Crippen molar-refractivity contribution >= 4 is 11.8 Å². The number of amides is 2. The molecular weight excluding hydrogens is 302 g/mol. The number of hydrogen-bond donors (Lipinski definition) is 1. The van der Waals surface area contributed by atoms with Crippen LogP contribution in [-0.4, -0.2) is 29.2 Å². The number of nitrogens with zero attached hydrogens (tertiary/aromatic N) is 1. The topological polar surface area (TPSA) is 63.4 Å². The third kappa shape index (κ3) is 4.50. The molecule has 0 heterocycles. The van der Waals surface area contributed by atoms with E-state index in [9.17, 15) is 18.4 Å². The highest BCUT2D eigenvalue weighted by atomic mass is 19.3. The molecule has 4 nitrogen and oxygen atoms in total. The van der Waals surface area contributed by atoms with Gasteiger partial charge in [0.1, 0.15) is 0 Å². The highest BCUT2D eigenvalue weighted by Gasteiger charge is 2.39. The van der Waals surface area contributed by atoms with Gasteiger partial charge in [-0.05, 0) is 25.3 Å². The monoisotopic (exact) mass is 324 g/mol. The maximum atomic E-state index is 13.3. The average Bonchev–Trinajstić information content (AvgIpc) is 2.52. The van der Waals surface area contributed by atoms with Crippen molar-refractivity contribution in [1.29, 1.82) is 0 Å². The van der Waals surface area contributed by atoms with Gasteiger partial charge < -0.3 is 10.6 Å². The molecule has 0 spiro atoms. The molecule has 2 rings (SSSR count). The molecule has 1 fully saturated rings. The smallest absolute Gasteiger partial charge is 0.248 e. The van der Waals surface area contributed by atoms with E-state index in [1.165, 1.54) is 4.90 Å². The molecule has 1 aromatic rings. The summed E-state index contributed by atoms with van der Waals surface area (Å²) < 4.78 is 26.6. The summed E-state index contributed by atoms with van der Waals surface area (Å²) in [6, 6.07) is 8.94. The summed E-state index contributed by atoms with van der Waals surface area (Å²) in [6.07, 6.45) is -0.285. The second-order valence-corrected chi connectivity index (χ2v) is 6.15. The predicted octanol–water partition coefficient (Wildman–Crippen LogP) is 2.89. The first kappa shape index (κ1) is 17.4. The fourth-order valence-corrected chi connectivity index (χ4v) is 3.01. The molecule has 0 saturated heterocycles. The molecule has 126 valence electrons. The molecule has 1 aliphatic carbocycles. The Morgan fingerprint density at radius 1 is 1.26 bits per heavy atom. The first-order valence-corrected chi connectivity index (χ1v) is 7.82. The van der Waals surface area contributed by atoms with Crippen LogP contribution in [0.2, 0.25) is 0 Å². The van der Waals surface area contributed by atoms with Crippen LogP contribution in [0, 0.1) is 5.92 Å². The second-order valence-electron chi connectivity index (χ2n) is 6.15. The summed E-state index contributed by atoms with van der Waals surface area (Å²) in [5.74, 6) is -4.03. The second kappa shape index (κ2) is 7.06. The zero-order valence-corrected chi connectivity index (χ0v) is 13.2. The van der Waals surface area contributed by atoms with Gasteiger partial charge in [-0.3, -0.25) is 9.59 Å². The van der Waals surface area contributed by atoms with Crippen molar-refractivity contribution in [3.63, 3.8) is 0 Å². The van der Waals surface area contributed by atoms with Crippen molar-refractivity contribution in [2.75, 3.05) is 6.54 Å². The third-order valence-electron chi connectivity index (χ3n) is 4.43. The van der Waals surface area contributed by atoms with E-state index < -0.39 is 17.7 Å². The first-order valence-electron chi connectivity index (χ1n) is 7.82. The van der Waals surface area contributed by atoms with Gasteiger partial charge in [0, 0.05) is 18.8 Å². The Kier molecular flexibility index (Phi) is 5.34. The summed E-state index contributed by atoms with van der Waals surface area (Å²) >= 11 is 0. The van der Waals surface area contributed by atoms with Crippen LogP contribution in [0.4, 0.5) is 8.78 Å². The lowest BCUT2D eigenvalue weighted by atomic mass is 9.85. The highest BCUT2D eigenvalue weighted by Crippen LogP contribution is 2.37. The lowest BCUT2D eigenvalue weighted by Gasteiger charge is -2.34. The largest absolute Gasteiger partial charge is 0.368 e. The van der Waals surface area contributed by atoms with Gasteiger partial charge in [-0.1, -0.05) is 30.3 Å². The number of halogens is 2. The zero-order chi connectivity index (χ0) is 17.0. The van der Waals surface area contributed by atoms with Crippen LogP contribution in [0.1, 0.15) is 44.2 Å². The van der Waals surface area contributed by atoms with E-state index in [1.807, 2.05) is 37.3 Å². The van der Waals surface area contributed by atoms with Gasteiger partial charge in [0.05, 0.1) is 12.6 Å². The quantitative estimate of drug-likeness (QED) is 0.905. The van der Waals surface area contributed by atoms with E-state index in [0.717, 1.165) is 5.56 Å². The molecule has 0 bridgehead atoms. The fourth-order valence-electron chi connectivity index (χ4n) is 3.01. The molecule has 1 atom stereocenters. The average molecular weight is 324 g/mol. The van der Waals surface area contributed by atoms with Crippen LogP contribution in [0.15, 0.2) is 30.3 Å². The summed E-state index contributed by atoms with van der Waals surface area (Å²) in [5, 5.41) is 0. The van der Waals surface area contributed by atoms with Crippen LogP contribution in [0.25, 0.3) is 0 Å². The van der Waals surface area contributed by atoms with Crippen LogP contribution in [-0.2, 0) is 9.59 Å². The summed E-state index contributed by atoms with van der Waals surface area (Å²) in [5.41, 5.74) is 6.14. The Labute approximate surface area is 134 Å². The minimum absolute atomic E-state index is 0.141. The zero-order valence-electron chi connectivity index (χ0n) is 13.2. The number of benzene rings is 1. The summed E-state index contributed by atoms with van der Waals surface area (Å²) in [7, 11) is 0. The molecule has 2 amide bonds. The van der Waals surface area contributed by atoms with Gasteiger partial charge in [-0.15, -0.1) is 0 Å². The lowest BCUT2D eigenvalue weighted by Crippen LogP contribution is -2.44. The molecule has 0 aromatic heterocycles. The molecule has 23 heavy (non-hydrogen) atoms. The number of carbonyl (C=O) groups is 2. The fraction of sp³-hybridized carbons (Fsp3) is 0.529. The molecule has 6 heteroatoms. The van der Waals surface area contributed by atoms with E-state index >= 15 is 0 Å². The van der Waals surface area contributed by atoms with E-state index in [1.54, 1.807) is 0 Å². The van der Waals surface area contributed by atoms with E-state index in [0.29, 0.717) is 0 Å². The van der Waals surface area contributed by atoms with Gasteiger partial charge in [0.25, 0.3) is 0 Å². The van der Waals surface area contributed by atoms with E-state index in [-0.39, 0.29) is 44.2 Å². The summed E-state index contributed by atoms with van der Waals surface area (Å²) in [4.78, 5) is 25.5. The number of carbonyl (C=O) groups excluding carboxylic acids is 2. The molecule has 0 radical (unpaired) electrons. The lowest BCUT2D eigenvalue weighted by molar-refractivity contribution is -0.144. The van der Waals surface area contributed by atoms with Gasteiger partial charge in [-0.2, -0.15) is 0 Å². The third-order valence-corrected chi connectivity index (χ3v) is 4.43. The SMILES string of the molecule is C[C@H](c1ccccc1)N(CC(N)=O)C(=O)C1CCC(F)(F)CC1. The molecule has 0 unspecified atom stereocenters. The van der Waals surface area contributed by atoms with Crippen molar-refractivity contribution in [2.45, 2.75) is 44.6 Å². The molecule has 1 aromatic carbocycles. The maximum absolute atomic E-state index is 13.3. The number of hydrogen-bond acceptors (Lipinski definition) is 2. The van der Waals surface area contributed by atoms with Crippen molar-refractivity contribution in [2.24, 2.45) is 11.7 Å². The summed E-state index contributed by atoms with van der Waals surface area (Å²) in [6.45, 7) is 1.61. The van der Waals surface area contributed by atoms with Crippen molar-refractivity contribution < 1.29 is 18.4 Å². The Balaban J connectivity index is 2.14. The Morgan fingerprint density at radius 3 is 2.35 bits per heavy atom. The van der Waals surface area contributed by atoms with Crippen LogP contribution in [0.3, 0.4) is 0 Å². The normalized spacial score (nSPS) is 19.1. The molecule has 2 N–H and O–H groups in total. The first-order chi connectivity index (χ1) is 10.8. The van der Waals surface area contributed by atoms with Crippen molar-refractivity contribution in [3.05, 3.63) is 35.9 Å². The molecule has 1 aliphatic rings. The van der Waals surface area contributed by atoms with Gasteiger partial charge in [0.2, 0.25) is 17.7 Å². The highest BCUT2D eigenvalue weighted by molar-refractivity contribution is 5.85. The number of rotatable bonds is 5. The predicted molar refractivity (Wildman–Crippen MR) is 82.7 cm³/mol. The van der Waals surface area contributed by atoms with Crippen molar-refractivity contribution in [3.8, 4) is 0 Å².